The Hall–Kier alpha value is -0.000000000000000222. The average molecular weight is 677 g/mol. The molecule has 1 N–H and O–H groups in total. The molecule has 0 spiro atoms. The van der Waals surface area contributed by atoms with Gasteiger partial charge in [0, 0.05) is 0 Å². The number of nitrogens with one attached hydrogen (secondary N) is 1. The van der Waals surface area contributed by atoms with Crippen molar-refractivity contribution in [3.63, 3.8) is 0 Å². The first-order chi connectivity index (χ1) is 12.8. The summed E-state index contributed by atoms with van der Waals surface area (Å²) < 4.78 is 237. The molecule has 228 valence electrons. The van der Waals surface area contributed by atoms with E-state index in [9.17, 15) is 101 Å². The number of halogens is 24. The number of rotatable bonds is 0. The van der Waals surface area contributed by atoms with Crippen LogP contribution >= 0.6 is 31.2 Å². The molecule has 0 aliphatic carbocycles. The maximum atomic E-state index is 9.87. The van der Waals surface area contributed by atoms with Crippen molar-refractivity contribution in [2.24, 2.45) is 0 Å². The molecular weight excluding hydrogens is 666 g/mol. The van der Waals surface area contributed by atoms with Gasteiger partial charge < -0.3 is 5.32 Å². The van der Waals surface area contributed by atoms with E-state index in [1.54, 1.807) is 0 Å². The van der Waals surface area contributed by atoms with Crippen LogP contribution in [0.4, 0.5) is 101 Å². The quantitative estimate of drug-likeness (QED) is 0.199. The van der Waals surface area contributed by atoms with E-state index in [4.69, 9.17) is 0 Å². The van der Waals surface area contributed by atoms with Gasteiger partial charge in [0.25, 0.3) is 0 Å². The molecule has 1 aliphatic rings. The fourth-order valence-corrected chi connectivity index (χ4v) is 0.802. The Kier molecular flexibility index (Phi) is 10.9. The molecular formula is C6H11F24NP4. The largest absolute Gasteiger partial charge is 4.00 e. The van der Waals surface area contributed by atoms with Crippen molar-refractivity contribution in [1.82, 2.24) is 5.32 Å². The van der Waals surface area contributed by atoms with Crippen LogP contribution in [-0.2, 0) is 0 Å². The summed E-state index contributed by atoms with van der Waals surface area (Å²) in [5.41, 5.74) is 0. The van der Waals surface area contributed by atoms with E-state index in [0.717, 1.165) is 0 Å². The van der Waals surface area contributed by atoms with Gasteiger partial charge in [0.05, 0.1) is 0 Å². The van der Waals surface area contributed by atoms with Crippen LogP contribution in [0.1, 0.15) is 19.3 Å². The van der Waals surface area contributed by atoms with Crippen LogP contribution in [0.2, 0.25) is 0 Å². The van der Waals surface area contributed by atoms with Crippen LogP contribution in [0.5, 0.6) is 0 Å². The topological polar surface area (TPSA) is 12.0 Å². The Morgan fingerprint density at radius 3 is 0.429 bits per heavy atom. The molecule has 35 heavy (non-hydrogen) atoms. The molecule has 0 aromatic rings. The predicted molar refractivity (Wildman–Crippen MR) is 84.2 cm³/mol. The third-order valence-corrected chi connectivity index (χ3v) is 1.21. The maximum Gasteiger partial charge on any atom is 4.00 e. The molecule has 0 amide bonds. The Morgan fingerprint density at radius 2 is 0.400 bits per heavy atom. The summed E-state index contributed by atoms with van der Waals surface area (Å²) in [6, 6.07) is 0. The van der Waals surface area contributed by atoms with Crippen LogP contribution in [0.3, 0.4) is 0 Å². The zero-order valence-corrected chi connectivity index (χ0v) is 19.0. The number of hydrogen-bond acceptors (Lipinski definition) is 1. The van der Waals surface area contributed by atoms with Gasteiger partial charge in [0.1, 0.15) is 0 Å². The minimum atomic E-state index is -10.7. The van der Waals surface area contributed by atoms with Crippen LogP contribution < -0.4 is 5.32 Å². The SMILES string of the molecule is C1CCNCC1.F[P-](F)(F)(F)(F)F.F[P-](F)(F)(F)(F)F.F[P-](F)(F)(F)(F)F.F[P-](F)(F)(F)(F)F.[C+4]. The van der Waals surface area contributed by atoms with Crippen molar-refractivity contribution in [3.8, 4) is 0 Å². The van der Waals surface area contributed by atoms with E-state index in [2.05, 4.69) is 5.32 Å². The molecule has 29 heteroatoms. The zero-order chi connectivity index (χ0) is 29.9. The van der Waals surface area contributed by atoms with Crippen molar-refractivity contribution in [2.45, 2.75) is 19.3 Å². The van der Waals surface area contributed by atoms with Gasteiger partial charge in [-0.05, 0) is 25.9 Å². The van der Waals surface area contributed by atoms with Gasteiger partial charge in [0.15, 0.2) is 0 Å². The van der Waals surface area contributed by atoms with Crippen LogP contribution in [0, 0.1) is 7.43 Å². The van der Waals surface area contributed by atoms with Crippen molar-refractivity contribution >= 4 is 31.2 Å². The summed E-state index contributed by atoms with van der Waals surface area (Å²) in [5, 5.41) is 3.28. The number of piperidine rings is 1. The maximum absolute atomic E-state index is 10.7. The van der Waals surface area contributed by atoms with Crippen LogP contribution in [0.25, 0.3) is 0 Å². The normalized spacial score (nSPS) is 22.6. The molecule has 0 aromatic carbocycles. The molecule has 1 aliphatic heterocycles. The van der Waals surface area contributed by atoms with Gasteiger partial charge in [-0.3, -0.25) is 0 Å². The van der Waals surface area contributed by atoms with Crippen LogP contribution in [0.15, 0.2) is 0 Å². The van der Waals surface area contributed by atoms with Gasteiger partial charge in [-0.25, -0.2) is 0 Å². The van der Waals surface area contributed by atoms with E-state index < -0.39 is 31.2 Å². The van der Waals surface area contributed by atoms with E-state index in [0.29, 0.717) is 0 Å². The standard InChI is InChI=1S/C5H11N.C.4F6P/c1-2-4-6-5-3-1;;4*1-7(2,3,4,5)6/h6H,1-5H2;;;;;/q;+4;4*-1. The molecule has 0 aromatic heterocycles. The first-order valence-electron chi connectivity index (χ1n) is 6.76. The molecule has 1 heterocycles. The number of hydrogen-bond donors (Lipinski definition) is 1. The van der Waals surface area contributed by atoms with Crippen molar-refractivity contribution in [3.05, 3.63) is 7.43 Å². The van der Waals surface area contributed by atoms with Crippen LogP contribution in [-0.4, -0.2) is 13.1 Å². The molecule has 1 fully saturated rings. The predicted octanol–water partition coefficient (Wildman–Crippen LogP) is 14.4. The second kappa shape index (κ2) is 8.50. The molecule has 1 saturated heterocycles. The third-order valence-electron chi connectivity index (χ3n) is 1.21. The molecule has 0 bridgehead atoms. The second-order valence-electron chi connectivity index (χ2n) is 5.64. The van der Waals surface area contributed by atoms with E-state index in [1.807, 2.05) is 0 Å². The summed E-state index contributed by atoms with van der Waals surface area (Å²) in [4.78, 5) is 0. The van der Waals surface area contributed by atoms with Gasteiger partial charge in [-0.2, -0.15) is 0 Å². The Labute approximate surface area is 178 Å². The van der Waals surface area contributed by atoms with Crippen molar-refractivity contribution < 1.29 is 101 Å². The van der Waals surface area contributed by atoms with Gasteiger partial charge >= 0.3 is 139 Å². The summed E-state index contributed by atoms with van der Waals surface area (Å²) >= 11 is 0. The van der Waals surface area contributed by atoms with E-state index in [-0.39, 0.29) is 7.43 Å². The Morgan fingerprint density at radius 1 is 0.286 bits per heavy atom. The summed E-state index contributed by atoms with van der Waals surface area (Å²) in [6.45, 7) is 2.50. The molecule has 1 rings (SSSR count). The van der Waals surface area contributed by atoms with E-state index in [1.165, 1.54) is 32.4 Å². The molecule has 0 atom stereocenters. The second-order valence-corrected chi connectivity index (χ2v) is 13.3. The summed E-state index contributed by atoms with van der Waals surface area (Å²) in [7, 11) is -42.6. The van der Waals surface area contributed by atoms with Crippen molar-refractivity contribution in [1.29, 1.82) is 0 Å². The van der Waals surface area contributed by atoms with Gasteiger partial charge in [-0.1, -0.05) is 6.42 Å². The summed E-state index contributed by atoms with van der Waals surface area (Å²) in [5.74, 6) is 0. The monoisotopic (exact) mass is 677 g/mol. The smallest absolute Gasteiger partial charge is 4.00 e. The molecule has 1 nitrogen and oxygen atoms in total. The van der Waals surface area contributed by atoms with Gasteiger partial charge in [-0.15, -0.1) is 0 Å². The van der Waals surface area contributed by atoms with Gasteiger partial charge in [0.2, 0.25) is 0 Å². The first-order valence-corrected chi connectivity index (χ1v) is 14.9. The average Bonchev–Trinajstić information content (AvgIpc) is 2.12. The van der Waals surface area contributed by atoms with E-state index >= 15 is 0 Å². The summed E-state index contributed by atoms with van der Waals surface area (Å²) in [6.07, 6.45) is 4.22. The Balaban J connectivity index is -0.000000106. The fourth-order valence-electron chi connectivity index (χ4n) is 0.802. The minimum Gasteiger partial charge on any atom is 4.00 e. The molecule has 0 saturated carbocycles. The molecule has 0 radical (unpaired) electrons. The first kappa shape index (κ1) is 45.0. The molecule has 0 unspecified atom stereocenters. The van der Waals surface area contributed by atoms with Crippen molar-refractivity contribution in [2.75, 3.05) is 13.1 Å². The minimum absolute atomic E-state index is 0. The Bertz CT molecular complexity index is 474. The fraction of sp³-hybridized carbons (Fsp3) is 0.833. The zero-order valence-electron chi connectivity index (χ0n) is 15.4. The third kappa shape index (κ3) is 967.